The van der Waals surface area contributed by atoms with E-state index >= 15 is 0 Å². The highest BCUT2D eigenvalue weighted by molar-refractivity contribution is 5.24. The second-order valence-corrected chi connectivity index (χ2v) is 4.44. The molecule has 1 aromatic rings. The summed E-state index contributed by atoms with van der Waals surface area (Å²) in [6.45, 7) is 5.59. The van der Waals surface area contributed by atoms with E-state index < -0.39 is 0 Å². The molecular formula is C11H17N3. The van der Waals surface area contributed by atoms with E-state index in [0.717, 1.165) is 18.4 Å². The van der Waals surface area contributed by atoms with Crippen LogP contribution in [-0.4, -0.2) is 16.5 Å². The molecule has 14 heavy (non-hydrogen) atoms. The van der Waals surface area contributed by atoms with Gasteiger partial charge in [0.15, 0.2) is 0 Å². The third-order valence-corrected chi connectivity index (χ3v) is 3.28. The molecule has 0 bridgehead atoms. The molecule has 1 aliphatic rings. The summed E-state index contributed by atoms with van der Waals surface area (Å²) in [4.78, 5) is 8.29. The lowest BCUT2D eigenvalue weighted by Gasteiger charge is -2.19. The summed E-state index contributed by atoms with van der Waals surface area (Å²) in [6, 6.07) is 1.83. The van der Waals surface area contributed by atoms with Crippen LogP contribution in [0, 0.1) is 11.3 Å². The molecule has 0 aliphatic heterocycles. The Balaban J connectivity index is 1.89. The Morgan fingerprint density at radius 3 is 2.50 bits per heavy atom. The van der Waals surface area contributed by atoms with Gasteiger partial charge in [-0.25, -0.2) is 9.97 Å². The quantitative estimate of drug-likeness (QED) is 0.793. The Morgan fingerprint density at radius 1 is 1.36 bits per heavy atom. The molecule has 0 saturated heterocycles. The maximum absolute atomic E-state index is 4.15. The predicted molar refractivity (Wildman–Crippen MR) is 57.0 cm³/mol. The first kappa shape index (κ1) is 9.44. The van der Waals surface area contributed by atoms with E-state index in [1.54, 1.807) is 12.4 Å². The minimum atomic E-state index is 0.513. The average molecular weight is 191 g/mol. The van der Waals surface area contributed by atoms with E-state index in [4.69, 9.17) is 0 Å². The zero-order valence-electron chi connectivity index (χ0n) is 8.83. The lowest BCUT2D eigenvalue weighted by Crippen LogP contribution is -2.21. The standard InChI is InChI=1S/C11H17N3/c1-9(2)11(4-5-11)8-14-10-12-6-3-7-13-10/h3,6-7,9H,4-5,8H2,1-2H3,(H,12,13,14). The highest BCUT2D eigenvalue weighted by Gasteiger charge is 2.44. The summed E-state index contributed by atoms with van der Waals surface area (Å²) in [5, 5.41) is 3.31. The second kappa shape index (κ2) is 3.56. The van der Waals surface area contributed by atoms with Crippen LogP contribution in [0.5, 0.6) is 0 Å². The Hall–Kier alpha value is -1.12. The molecule has 1 fully saturated rings. The third kappa shape index (κ3) is 1.86. The minimum Gasteiger partial charge on any atom is -0.354 e. The Bertz CT molecular complexity index is 291. The van der Waals surface area contributed by atoms with Gasteiger partial charge >= 0.3 is 0 Å². The zero-order chi connectivity index (χ0) is 10.0. The number of hydrogen-bond acceptors (Lipinski definition) is 3. The first-order chi connectivity index (χ1) is 6.73. The molecule has 2 rings (SSSR count). The van der Waals surface area contributed by atoms with Crippen LogP contribution in [0.2, 0.25) is 0 Å². The number of nitrogens with zero attached hydrogens (tertiary/aromatic N) is 2. The van der Waals surface area contributed by atoms with E-state index in [2.05, 4.69) is 29.1 Å². The predicted octanol–water partition coefficient (Wildman–Crippen LogP) is 2.32. The van der Waals surface area contributed by atoms with Gasteiger partial charge in [-0.05, 0) is 30.2 Å². The maximum atomic E-state index is 4.15. The van der Waals surface area contributed by atoms with Gasteiger partial charge in [0.25, 0.3) is 0 Å². The van der Waals surface area contributed by atoms with Crippen molar-refractivity contribution >= 4 is 5.95 Å². The number of rotatable bonds is 4. The van der Waals surface area contributed by atoms with Gasteiger partial charge < -0.3 is 5.32 Å². The lowest BCUT2D eigenvalue weighted by atomic mass is 9.92. The van der Waals surface area contributed by atoms with Crippen molar-refractivity contribution in [3.63, 3.8) is 0 Å². The summed E-state index contributed by atoms with van der Waals surface area (Å²) in [7, 11) is 0. The van der Waals surface area contributed by atoms with Crippen molar-refractivity contribution in [3.05, 3.63) is 18.5 Å². The molecule has 1 heterocycles. The topological polar surface area (TPSA) is 37.8 Å². The molecule has 3 nitrogen and oxygen atoms in total. The van der Waals surface area contributed by atoms with Gasteiger partial charge in [0.05, 0.1) is 0 Å². The Kier molecular flexibility index (Phi) is 2.40. The number of aromatic nitrogens is 2. The van der Waals surface area contributed by atoms with Crippen molar-refractivity contribution in [1.29, 1.82) is 0 Å². The van der Waals surface area contributed by atoms with Gasteiger partial charge in [-0.3, -0.25) is 0 Å². The van der Waals surface area contributed by atoms with Crippen molar-refractivity contribution in [1.82, 2.24) is 9.97 Å². The SMILES string of the molecule is CC(C)C1(CNc2ncccn2)CC1. The summed E-state index contributed by atoms with van der Waals surface area (Å²) < 4.78 is 0. The molecule has 1 N–H and O–H groups in total. The van der Waals surface area contributed by atoms with Gasteiger partial charge in [0.1, 0.15) is 0 Å². The summed E-state index contributed by atoms with van der Waals surface area (Å²) >= 11 is 0. The number of hydrogen-bond donors (Lipinski definition) is 1. The summed E-state index contributed by atoms with van der Waals surface area (Å²) in [6.07, 6.45) is 6.21. The van der Waals surface area contributed by atoms with E-state index in [-0.39, 0.29) is 0 Å². The highest BCUT2D eigenvalue weighted by atomic mass is 15.1. The van der Waals surface area contributed by atoms with Crippen LogP contribution >= 0.6 is 0 Å². The van der Waals surface area contributed by atoms with Crippen LogP contribution in [0.25, 0.3) is 0 Å². The van der Waals surface area contributed by atoms with Gasteiger partial charge in [-0.15, -0.1) is 0 Å². The normalized spacial score (nSPS) is 18.2. The van der Waals surface area contributed by atoms with Crippen LogP contribution in [-0.2, 0) is 0 Å². The van der Waals surface area contributed by atoms with E-state index in [1.165, 1.54) is 12.8 Å². The largest absolute Gasteiger partial charge is 0.354 e. The fourth-order valence-electron chi connectivity index (χ4n) is 1.76. The minimum absolute atomic E-state index is 0.513. The van der Waals surface area contributed by atoms with Gasteiger partial charge in [-0.2, -0.15) is 0 Å². The lowest BCUT2D eigenvalue weighted by molar-refractivity contribution is 0.379. The first-order valence-corrected chi connectivity index (χ1v) is 5.24. The van der Waals surface area contributed by atoms with Crippen molar-refractivity contribution in [2.24, 2.45) is 11.3 Å². The monoisotopic (exact) mass is 191 g/mol. The number of anilines is 1. The van der Waals surface area contributed by atoms with E-state index in [1.807, 2.05) is 6.07 Å². The van der Waals surface area contributed by atoms with Gasteiger partial charge in [0.2, 0.25) is 5.95 Å². The van der Waals surface area contributed by atoms with Crippen LogP contribution in [0.4, 0.5) is 5.95 Å². The second-order valence-electron chi connectivity index (χ2n) is 4.44. The molecule has 0 atom stereocenters. The fourth-order valence-corrected chi connectivity index (χ4v) is 1.76. The highest BCUT2D eigenvalue weighted by Crippen LogP contribution is 2.51. The van der Waals surface area contributed by atoms with Crippen molar-refractivity contribution in [3.8, 4) is 0 Å². The Morgan fingerprint density at radius 2 is 2.00 bits per heavy atom. The molecule has 0 amide bonds. The molecule has 0 aromatic carbocycles. The molecule has 1 saturated carbocycles. The van der Waals surface area contributed by atoms with Crippen molar-refractivity contribution in [2.45, 2.75) is 26.7 Å². The van der Waals surface area contributed by atoms with Crippen molar-refractivity contribution in [2.75, 3.05) is 11.9 Å². The smallest absolute Gasteiger partial charge is 0.222 e. The molecule has 1 aliphatic carbocycles. The summed E-state index contributed by atoms with van der Waals surface area (Å²) in [5.74, 6) is 1.50. The molecule has 0 spiro atoms. The molecule has 1 aromatic heterocycles. The average Bonchev–Trinajstić information content (AvgIpc) is 2.97. The van der Waals surface area contributed by atoms with Crippen LogP contribution in [0.1, 0.15) is 26.7 Å². The molecule has 76 valence electrons. The van der Waals surface area contributed by atoms with Crippen LogP contribution in [0.3, 0.4) is 0 Å². The number of nitrogens with one attached hydrogen (secondary N) is 1. The molecule has 0 radical (unpaired) electrons. The molecular weight excluding hydrogens is 174 g/mol. The maximum Gasteiger partial charge on any atom is 0.222 e. The van der Waals surface area contributed by atoms with Crippen molar-refractivity contribution < 1.29 is 0 Å². The third-order valence-electron chi connectivity index (χ3n) is 3.28. The van der Waals surface area contributed by atoms with E-state index in [0.29, 0.717) is 5.41 Å². The van der Waals surface area contributed by atoms with Gasteiger partial charge in [0, 0.05) is 18.9 Å². The van der Waals surface area contributed by atoms with E-state index in [9.17, 15) is 0 Å². The fraction of sp³-hybridized carbons (Fsp3) is 0.636. The van der Waals surface area contributed by atoms with Crippen LogP contribution < -0.4 is 5.32 Å². The first-order valence-electron chi connectivity index (χ1n) is 5.24. The summed E-state index contributed by atoms with van der Waals surface area (Å²) in [5.41, 5.74) is 0.513. The van der Waals surface area contributed by atoms with Gasteiger partial charge in [-0.1, -0.05) is 13.8 Å². The molecule has 3 heteroatoms. The zero-order valence-corrected chi connectivity index (χ0v) is 8.83. The Labute approximate surface area is 85.0 Å². The van der Waals surface area contributed by atoms with Crippen LogP contribution in [0.15, 0.2) is 18.5 Å². The molecule has 0 unspecified atom stereocenters.